The van der Waals surface area contributed by atoms with Crippen LogP contribution in [0.25, 0.3) is 5.53 Å². The van der Waals surface area contributed by atoms with Gasteiger partial charge in [-0.25, -0.2) is 0 Å². The number of ether oxygens (including phenoxy) is 1. The highest BCUT2D eigenvalue weighted by atomic mass is 16.5. The van der Waals surface area contributed by atoms with Crippen LogP contribution < -0.4 is 0 Å². The van der Waals surface area contributed by atoms with Crippen LogP contribution in [-0.4, -0.2) is 39.7 Å². The lowest BCUT2D eigenvalue weighted by atomic mass is 10.0. The normalized spacial score (nSPS) is 23.4. The molecule has 0 aromatic rings. The standard InChI is InChI=1S/C11H19N3O2/c1-7(2)9-6-16-11(4,5)14(9)10(15)8(3)13-12/h7,9H,6H2,1-5H3/t9-/m1/s1. The van der Waals surface area contributed by atoms with Gasteiger partial charge in [-0.15, -0.1) is 0 Å². The zero-order chi connectivity index (χ0) is 12.5. The predicted octanol–water partition coefficient (Wildman–Crippen LogP) is 1.30. The Morgan fingerprint density at radius 1 is 1.56 bits per heavy atom. The lowest BCUT2D eigenvalue weighted by Gasteiger charge is -2.33. The summed E-state index contributed by atoms with van der Waals surface area (Å²) >= 11 is 0. The minimum absolute atomic E-state index is 0.0270. The van der Waals surface area contributed by atoms with Gasteiger partial charge in [0.25, 0.3) is 0 Å². The molecule has 16 heavy (non-hydrogen) atoms. The topological polar surface area (TPSA) is 65.9 Å². The first-order chi connectivity index (χ1) is 7.31. The van der Waals surface area contributed by atoms with Gasteiger partial charge in [-0.2, -0.15) is 4.79 Å². The summed E-state index contributed by atoms with van der Waals surface area (Å²) in [6.45, 7) is 9.79. The van der Waals surface area contributed by atoms with Crippen molar-refractivity contribution < 1.29 is 14.3 Å². The summed E-state index contributed by atoms with van der Waals surface area (Å²) < 4.78 is 5.61. The summed E-state index contributed by atoms with van der Waals surface area (Å²) in [6, 6.07) is 0.0270. The summed E-state index contributed by atoms with van der Waals surface area (Å²) in [5, 5.41) is 0. The molecule has 1 aliphatic heterocycles. The molecule has 5 heteroatoms. The van der Waals surface area contributed by atoms with Gasteiger partial charge in [0.05, 0.1) is 12.6 Å². The van der Waals surface area contributed by atoms with Gasteiger partial charge >= 0.3 is 11.6 Å². The molecular weight excluding hydrogens is 206 g/mol. The average Bonchev–Trinajstić information content (AvgIpc) is 2.51. The van der Waals surface area contributed by atoms with E-state index in [1.807, 2.05) is 27.7 Å². The molecule has 0 bridgehead atoms. The summed E-state index contributed by atoms with van der Waals surface area (Å²) in [4.78, 5) is 16.7. The number of carbonyl (C=O) groups excluding carboxylic acids is 1. The summed E-state index contributed by atoms with van der Waals surface area (Å²) in [5.74, 6) is 0.0286. The smallest absolute Gasteiger partial charge is 0.353 e. The van der Waals surface area contributed by atoms with Gasteiger partial charge in [-0.05, 0) is 19.8 Å². The molecule has 1 saturated heterocycles. The van der Waals surface area contributed by atoms with Crippen LogP contribution >= 0.6 is 0 Å². The van der Waals surface area contributed by atoms with Crippen molar-refractivity contribution in [2.24, 2.45) is 5.92 Å². The van der Waals surface area contributed by atoms with Crippen molar-refractivity contribution in [1.82, 2.24) is 4.90 Å². The van der Waals surface area contributed by atoms with Gasteiger partial charge in [0.15, 0.2) is 0 Å². The molecule has 1 fully saturated rings. The van der Waals surface area contributed by atoms with E-state index in [1.54, 1.807) is 4.90 Å². The highest BCUT2D eigenvalue weighted by molar-refractivity contribution is 6.35. The molecule has 0 aromatic heterocycles. The first-order valence-electron chi connectivity index (χ1n) is 5.47. The summed E-state index contributed by atoms with van der Waals surface area (Å²) in [7, 11) is 0. The minimum Gasteiger partial charge on any atom is -0.361 e. The molecule has 0 aliphatic carbocycles. The van der Waals surface area contributed by atoms with Crippen molar-refractivity contribution in [3.05, 3.63) is 5.53 Å². The maximum atomic E-state index is 12.1. The third-order valence-corrected chi connectivity index (χ3v) is 2.97. The Morgan fingerprint density at radius 3 is 2.56 bits per heavy atom. The van der Waals surface area contributed by atoms with Crippen LogP contribution in [0.15, 0.2) is 0 Å². The van der Waals surface area contributed by atoms with E-state index in [2.05, 4.69) is 4.79 Å². The fourth-order valence-electron chi connectivity index (χ4n) is 1.94. The monoisotopic (exact) mass is 225 g/mol. The van der Waals surface area contributed by atoms with E-state index in [4.69, 9.17) is 10.3 Å². The highest BCUT2D eigenvalue weighted by Crippen LogP contribution is 2.30. The maximum Gasteiger partial charge on any atom is 0.353 e. The SMILES string of the molecule is CC(=[N+]=[N-])C(=O)N1[C@@H](C(C)C)COC1(C)C. The van der Waals surface area contributed by atoms with Crippen molar-refractivity contribution in [3.63, 3.8) is 0 Å². The lowest BCUT2D eigenvalue weighted by Crippen LogP contribution is -2.51. The highest BCUT2D eigenvalue weighted by Gasteiger charge is 2.46. The van der Waals surface area contributed by atoms with Gasteiger partial charge in [-0.3, -0.25) is 9.69 Å². The quantitative estimate of drug-likeness (QED) is 0.404. The van der Waals surface area contributed by atoms with E-state index in [0.29, 0.717) is 12.5 Å². The molecule has 0 aromatic carbocycles. The number of rotatable bonds is 2. The van der Waals surface area contributed by atoms with Crippen LogP contribution in [0, 0.1) is 5.92 Å². The predicted molar refractivity (Wildman–Crippen MR) is 59.8 cm³/mol. The molecule has 5 nitrogen and oxygen atoms in total. The molecule has 1 rings (SSSR count). The molecule has 0 unspecified atom stereocenters. The van der Waals surface area contributed by atoms with E-state index in [1.165, 1.54) is 6.92 Å². The van der Waals surface area contributed by atoms with Crippen LogP contribution in [0.2, 0.25) is 0 Å². The number of carbonyl (C=O) groups is 1. The molecule has 1 aliphatic rings. The summed E-state index contributed by atoms with van der Waals surface area (Å²) in [6.07, 6.45) is 0. The van der Waals surface area contributed by atoms with E-state index in [0.717, 1.165) is 0 Å². The zero-order valence-electron chi connectivity index (χ0n) is 10.5. The molecule has 0 spiro atoms. The van der Waals surface area contributed by atoms with Gasteiger partial charge in [0, 0.05) is 6.92 Å². The Labute approximate surface area is 96.0 Å². The van der Waals surface area contributed by atoms with Gasteiger partial charge in [0.1, 0.15) is 5.72 Å². The van der Waals surface area contributed by atoms with Crippen LogP contribution in [0.4, 0.5) is 0 Å². The number of hydrogen-bond donors (Lipinski definition) is 0. The second-order valence-corrected chi connectivity index (χ2v) is 4.93. The van der Waals surface area contributed by atoms with E-state index in [-0.39, 0.29) is 17.7 Å². The molecule has 90 valence electrons. The Kier molecular flexibility index (Phi) is 3.51. The van der Waals surface area contributed by atoms with Gasteiger partial charge in [0.2, 0.25) is 0 Å². The third-order valence-electron chi connectivity index (χ3n) is 2.97. The van der Waals surface area contributed by atoms with Crippen LogP contribution in [0.1, 0.15) is 34.6 Å². The number of amides is 1. The Balaban J connectivity index is 3.05. The second-order valence-electron chi connectivity index (χ2n) is 4.93. The Hall–Kier alpha value is -1.19. The molecular formula is C11H19N3O2. The Bertz CT molecular complexity index is 343. The molecule has 1 amide bonds. The molecule has 1 heterocycles. The van der Waals surface area contributed by atoms with Crippen molar-refractivity contribution in [2.45, 2.75) is 46.4 Å². The number of nitrogens with zero attached hydrogens (tertiary/aromatic N) is 3. The van der Waals surface area contributed by atoms with Gasteiger partial charge in [-0.1, -0.05) is 13.8 Å². The molecule has 1 atom stereocenters. The maximum absolute atomic E-state index is 12.1. The van der Waals surface area contributed by atoms with Crippen molar-refractivity contribution in [1.29, 1.82) is 0 Å². The van der Waals surface area contributed by atoms with E-state index < -0.39 is 5.72 Å². The van der Waals surface area contributed by atoms with Crippen molar-refractivity contribution in [3.8, 4) is 0 Å². The zero-order valence-corrected chi connectivity index (χ0v) is 10.5. The Morgan fingerprint density at radius 2 is 2.12 bits per heavy atom. The minimum atomic E-state index is -0.641. The van der Waals surface area contributed by atoms with Crippen molar-refractivity contribution >= 4 is 11.6 Å². The first kappa shape index (κ1) is 12.9. The molecule has 0 radical (unpaired) electrons. The average molecular weight is 225 g/mol. The lowest BCUT2D eigenvalue weighted by molar-refractivity contribution is -0.143. The van der Waals surface area contributed by atoms with Gasteiger partial charge < -0.3 is 10.3 Å². The molecule has 0 saturated carbocycles. The largest absolute Gasteiger partial charge is 0.361 e. The fraction of sp³-hybridized carbons (Fsp3) is 0.818. The fourth-order valence-corrected chi connectivity index (χ4v) is 1.94. The van der Waals surface area contributed by atoms with Crippen LogP contribution in [0.3, 0.4) is 0 Å². The van der Waals surface area contributed by atoms with Crippen molar-refractivity contribution in [2.75, 3.05) is 6.61 Å². The third kappa shape index (κ3) is 2.15. The van der Waals surface area contributed by atoms with Crippen LogP contribution in [0.5, 0.6) is 0 Å². The van der Waals surface area contributed by atoms with E-state index >= 15 is 0 Å². The number of hydrogen-bond acceptors (Lipinski definition) is 2. The van der Waals surface area contributed by atoms with Crippen LogP contribution in [-0.2, 0) is 9.53 Å². The first-order valence-corrected chi connectivity index (χ1v) is 5.47. The molecule has 0 N–H and O–H groups in total. The summed E-state index contributed by atoms with van der Waals surface area (Å²) in [5.41, 5.74) is 8.11. The van der Waals surface area contributed by atoms with E-state index in [9.17, 15) is 4.79 Å². The second kappa shape index (κ2) is 4.36.